The third-order valence-electron chi connectivity index (χ3n) is 4.91. The van der Waals surface area contributed by atoms with Crippen LogP contribution in [-0.2, 0) is 16.0 Å². The molecule has 1 aliphatic heterocycles. The number of nitrogens with zero attached hydrogens (tertiary/aromatic N) is 1. The number of hydrogen-bond donors (Lipinski definition) is 1. The van der Waals surface area contributed by atoms with E-state index in [0.717, 1.165) is 17.7 Å². The van der Waals surface area contributed by atoms with Crippen LogP contribution < -0.4 is 15.0 Å². The molecule has 152 valence electrons. The number of amides is 2. The summed E-state index contributed by atoms with van der Waals surface area (Å²) < 4.78 is 10.9. The van der Waals surface area contributed by atoms with Crippen molar-refractivity contribution in [3.8, 4) is 11.5 Å². The molecule has 30 heavy (non-hydrogen) atoms. The van der Waals surface area contributed by atoms with Crippen LogP contribution in [0.3, 0.4) is 0 Å². The van der Waals surface area contributed by atoms with Crippen LogP contribution in [0.4, 0.5) is 11.4 Å². The van der Waals surface area contributed by atoms with Gasteiger partial charge in [-0.05, 0) is 48.4 Å². The number of hydrogen-bond acceptors (Lipinski definition) is 4. The number of carbonyl (C=O) groups is 2. The molecule has 0 saturated carbocycles. The van der Waals surface area contributed by atoms with Crippen LogP contribution in [0.25, 0.3) is 0 Å². The van der Waals surface area contributed by atoms with Crippen LogP contribution in [0.5, 0.6) is 11.5 Å². The van der Waals surface area contributed by atoms with E-state index in [2.05, 4.69) is 5.32 Å². The van der Waals surface area contributed by atoms with Crippen molar-refractivity contribution in [2.24, 2.45) is 0 Å². The van der Waals surface area contributed by atoms with Crippen LogP contribution in [-0.4, -0.2) is 32.1 Å². The summed E-state index contributed by atoms with van der Waals surface area (Å²) in [6.07, 6.45) is 0.784. The van der Waals surface area contributed by atoms with Crippen molar-refractivity contribution < 1.29 is 19.1 Å². The van der Waals surface area contributed by atoms with E-state index in [4.69, 9.17) is 9.47 Å². The van der Waals surface area contributed by atoms with Gasteiger partial charge in [-0.3, -0.25) is 9.59 Å². The van der Waals surface area contributed by atoms with Gasteiger partial charge in [0.15, 0.2) is 0 Å². The number of para-hydroxylation sites is 2. The molecule has 0 atom stereocenters. The van der Waals surface area contributed by atoms with Crippen molar-refractivity contribution in [3.63, 3.8) is 0 Å². The Bertz CT molecular complexity index is 1070. The van der Waals surface area contributed by atoms with Crippen molar-refractivity contribution in [1.29, 1.82) is 0 Å². The maximum atomic E-state index is 13.0. The lowest BCUT2D eigenvalue weighted by atomic mass is 10.1. The van der Waals surface area contributed by atoms with E-state index in [1.165, 1.54) is 7.11 Å². The van der Waals surface area contributed by atoms with Crippen LogP contribution in [0.15, 0.2) is 72.8 Å². The topological polar surface area (TPSA) is 67.9 Å². The summed E-state index contributed by atoms with van der Waals surface area (Å²) in [5, 5.41) is 2.92. The Labute approximate surface area is 175 Å². The molecule has 6 nitrogen and oxygen atoms in total. The predicted molar refractivity (Wildman–Crippen MR) is 115 cm³/mol. The van der Waals surface area contributed by atoms with Gasteiger partial charge in [-0.15, -0.1) is 0 Å². The average Bonchev–Trinajstić information content (AvgIpc) is 3.18. The average molecular weight is 402 g/mol. The molecule has 0 radical (unpaired) electrons. The molecule has 1 N–H and O–H groups in total. The SMILES string of the molecule is COCC(=O)N1CCc2ccc(NC(=O)c3ccccc3Oc3ccccc3)cc21. The Morgan fingerprint density at radius 2 is 1.77 bits per heavy atom. The number of nitrogens with one attached hydrogen (secondary N) is 1. The van der Waals surface area contributed by atoms with E-state index in [-0.39, 0.29) is 18.4 Å². The summed E-state index contributed by atoms with van der Waals surface area (Å²) in [4.78, 5) is 26.9. The molecule has 3 aromatic rings. The summed E-state index contributed by atoms with van der Waals surface area (Å²) in [6, 6.07) is 22.0. The highest BCUT2D eigenvalue weighted by atomic mass is 16.5. The Hall–Kier alpha value is -3.64. The normalized spacial score (nSPS) is 12.4. The number of carbonyl (C=O) groups excluding carboxylic acids is 2. The number of methoxy groups -OCH3 is 1. The van der Waals surface area contributed by atoms with Crippen molar-refractivity contribution in [3.05, 3.63) is 83.9 Å². The number of benzene rings is 3. The maximum absolute atomic E-state index is 13.0. The van der Waals surface area contributed by atoms with Gasteiger partial charge >= 0.3 is 0 Å². The Kier molecular flexibility index (Phi) is 5.77. The Balaban J connectivity index is 1.54. The smallest absolute Gasteiger partial charge is 0.259 e. The monoisotopic (exact) mass is 402 g/mol. The molecular formula is C24H22N2O4. The van der Waals surface area contributed by atoms with Crippen LogP contribution in [0.1, 0.15) is 15.9 Å². The van der Waals surface area contributed by atoms with Crippen LogP contribution in [0, 0.1) is 0 Å². The van der Waals surface area contributed by atoms with Crippen molar-refractivity contribution in [2.45, 2.75) is 6.42 Å². The Morgan fingerprint density at radius 3 is 2.57 bits per heavy atom. The molecule has 1 aliphatic rings. The van der Waals surface area contributed by atoms with Gasteiger partial charge in [0, 0.05) is 25.0 Å². The third kappa shape index (κ3) is 4.18. The van der Waals surface area contributed by atoms with Gasteiger partial charge < -0.3 is 19.7 Å². The highest BCUT2D eigenvalue weighted by molar-refractivity contribution is 6.07. The first-order valence-electron chi connectivity index (χ1n) is 9.71. The van der Waals surface area contributed by atoms with E-state index >= 15 is 0 Å². The predicted octanol–water partition coefficient (Wildman–Crippen LogP) is 4.27. The quantitative estimate of drug-likeness (QED) is 0.669. The summed E-state index contributed by atoms with van der Waals surface area (Å²) in [7, 11) is 1.50. The molecule has 3 aromatic carbocycles. The first-order valence-corrected chi connectivity index (χ1v) is 9.71. The standard InChI is InChI=1S/C24H22N2O4/c1-29-16-23(27)26-14-13-17-11-12-18(15-21(17)26)25-24(28)20-9-5-6-10-22(20)30-19-7-3-2-4-8-19/h2-12,15H,13-14,16H2,1H3,(H,25,28). The van der Waals surface area contributed by atoms with Crippen molar-refractivity contribution in [2.75, 3.05) is 30.5 Å². The molecule has 0 spiro atoms. The lowest BCUT2D eigenvalue weighted by Gasteiger charge is -2.18. The van der Waals surface area contributed by atoms with E-state index in [0.29, 0.717) is 29.3 Å². The van der Waals surface area contributed by atoms with Gasteiger partial charge in [-0.2, -0.15) is 0 Å². The maximum Gasteiger partial charge on any atom is 0.259 e. The third-order valence-corrected chi connectivity index (χ3v) is 4.91. The molecule has 4 rings (SSSR count). The second-order valence-corrected chi connectivity index (χ2v) is 6.94. The van der Waals surface area contributed by atoms with Gasteiger partial charge in [0.25, 0.3) is 11.8 Å². The second kappa shape index (κ2) is 8.80. The molecule has 6 heteroatoms. The van der Waals surface area contributed by atoms with Crippen molar-refractivity contribution in [1.82, 2.24) is 0 Å². The molecule has 0 saturated heterocycles. The fourth-order valence-electron chi connectivity index (χ4n) is 3.47. The van der Waals surface area contributed by atoms with Crippen LogP contribution in [0.2, 0.25) is 0 Å². The fraction of sp³-hybridized carbons (Fsp3) is 0.167. The van der Waals surface area contributed by atoms with Gasteiger partial charge in [0.05, 0.1) is 5.56 Å². The highest BCUT2D eigenvalue weighted by Gasteiger charge is 2.25. The zero-order chi connectivity index (χ0) is 20.9. The molecule has 0 bridgehead atoms. The number of rotatable bonds is 6. The van der Waals surface area contributed by atoms with E-state index in [9.17, 15) is 9.59 Å². The number of ether oxygens (including phenoxy) is 2. The van der Waals surface area contributed by atoms with E-state index in [1.807, 2.05) is 54.6 Å². The van der Waals surface area contributed by atoms with Crippen LogP contribution >= 0.6 is 0 Å². The highest BCUT2D eigenvalue weighted by Crippen LogP contribution is 2.32. The summed E-state index contributed by atoms with van der Waals surface area (Å²) >= 11 is 0. The van der Waals surface area contributed by atoms with Gasteiger partial charge in [-0.1, -0.05) is 36.4 Å². The minimum absolute atomic E-state index is 0.0280. The van der Waals surface area contributed by atoms with Gasteiger partial charge in [-0.25, -0.2) is 0 Å². The summed E-state index contributed by atoms with van der Waals surface area (Å²) in [6.45, 7) is 0.642. The minimum Gasteiger partial charge on any atom is -0.457 e. The zero-order valence-corrected chi connectivity index (χ0v) is 16.6. The molecular weight excluding hydrogens is 380 g/mol. The Morgan fingerprint density at radius 1 is 1.00 bits per heavy atom. The zero-order valence-electron chi connectivity index (χ0n) is 16.6. The molecule has 0 aliphatic carbocycles. The fourth-order valence-corrected chi connectivity index (χ4v) is 3.47. The molecule has 0 unspecified atom stereocenters. The summed E-state index contributed by atoms with van der Waals surface area (Å²) in [5.74, 6) is 0.748. The first-order chi connectivity index (χ1) is 14.7. The number of anilines is 2. The lowest BCUT2D eigenvalue weighted by Crippen LogP contribution is -2.32. The number of fused-ring (bicyclic) bond motifs is 1. The lowest BCUT2D eigenvalue weighted by molar-refractivity contribution is -0.122. The van der Waals surface area contributed by atoms with Crippen molar-refractivity contribution >= 4 is 23.2 Å². The van der Waals surface area contributed by atoms with Gasteiger partial charge in [0.2, 0.25) is 0 Å². The largest absolute Gasteiger partial charge is 0.457 e. The first kappa shape index (κ1) is 19.7. The second-order valence-electron chi connectivity index (χ2n) is 6.94. The molecule has 2 amide bonds. The van der Waals surface area contributed by atoms with E-state index < -0.39 is 0 Å². The van der Waals surface area contributed by atoms with Gasteiger partial charge in [0.1, 0.15) is 18.1 Å². The minimum atomic E-state index is -0.283. The van der Waals surface area contributed by atoms with E-state index in [1.54, 1.807) is 23.1 Å². The molecule has 0 aromatic heterocycles. The summed E-state index contributed by atoms with van der Waals surface area (Å²) in [5.41, 5.74) is 2.92. The molecule has 0 fully saturated rings. The molecule has 1 heterocycles.